The van der Waals surface area contributed by atoms with E-state index in [9.17, 15) is 19.2 Å². The van der Waals surface area contributed by atoms with Gasteiger partial charge < -0.3 is 24.9 Å². The van der Waals surface area contributed by atoms with E-state index >= 15 is 0 Å². The van der Waals surface area contributed by atoms with E-state index in [0.717, 1.165) is 27.8 Å². The van der Waals surface area contributed by atoms with Crippen LogP contribution >= 0.6 is 34.7 Å². The topological polar surface area (TPSA) is 149 Å². The number of hydrogen-bond donors (Lipinski definition) is 2. The summed E-state index contributed by atoms with van der Waals surface area (Å²) in [6.07, 6.45) is 2.64. The second-order valence-electron chi connectivity index (χ2n) is 18.0. The van der Waals surface area contributed by atoms with Gasteiger partial charge in [0.2, 0.25) is 5.60 Å². The molecule has 0 spiro atoms. The number of anilines is 1. The second kappa shape index (κ2) is 21.3. The molecule has 0 saturated carbocycles. The first kappa shape index (κ1) is 49.4. The van der Waals surface area contributed by atoms with Crippen LogP contribution in [0, 0.1) is 0 Å². The molecule has 0 aliphatic carbocycles. The Hall–Kier alpha value is -7.00. The average Bonchev–Trinajstić information content (AvgIpc) is 3.84. The number of nitrogens with one attached hydrogen (secondary N) is 2. The Labute approximate surface area is 420 Å². The third-order valence-corrected chi connectivity index (χ3v) is 13.7. The van der Waals surface area contributed by atoms with Gasteiger partial charge in [-0.2, -0.15) is 0 Å². The summed E-state index contributed by atoms with van der Waals surface area (Å²) >= 11 is 8.67. The van der Waals surface area contributed by atoms with E-state index < -0.39 is 58.0 Å². The summed E-state index contributed by atoms with van der Waals surface area (Å²) in [5.41, 5.74) is 1.29. The molecule has 2 aliphatic heterocycles. The van der Waals surface area contributed by atoms with Crippen molar-refractivity contribution in [2.45, 2.75) is 68.9 Å². The fourth-order valence-electron chi connectivity index (χ4n) is 8.09. The quantitative estimate of drug-likeness (QED) is 0.0226. The minimum absolute atomic E-state index is 0.0581. The first-order chi connectivity index (χ1) is 33.7. The summed E-state index contributed by atoms with van der Waals surface area (Å²) in [6, 6.07) is 47.6. The summed E-state index contributed by atoms with van der Waals surface area (Å²) in [6.45, 7) is 8.17. The number of nitrogens with zero attached hydrogens (tertiary/aromatic N) is 3. The molecule has 8 rings (SSSR count). The van der Waals surface area contributed by atoms with Gasteiger partial charge in [0.15, 0.2) is 16.9 Å². The number of β-lactam (4-membered cyclic amide) rings is 1. The highest BCUT2D eigenvalue weighted by molar-refractivity contribution is 8.00. The van der Waals surface area contributed by atoms with Gasteiger partial charge in [0.05, 0.1) is 0 Å². The molecule has 6 aromatic rings. The lowest BCUT2D eigenvalue weighted by molar-refractivity contribution is -0.179. The number of alkyl halides is 1. The van der Waals surface area contributed by atoms with Gasteiger partial charge in [-0.25, -0.2) is 14.6 Å². The van der Waals surface area contributed by atoms with Crippen molar-refractivity contribution in [2.24, 2.45) is 5.16 Å². The number of allylic oxidation sites excluding steroid dienone is 2. The zero-order valence-corrected chi connectivity index (χ0v) is 41.6. The number of hydrogen-bond acceptors (Lipinski definition) is 12. The zero-order chi connectivity index (χ0) is 49.5. The molecule has 1 aromatic heterocycles. The van der Waals surface area contributed by atoms with Gasteiger partial charge in [-0.05, 0) is 68.0 Å². The highest BCUT2D eigenvalue weighted by atomic mass is 35.5. The van der Waals surface area contributed by atoms with Crippen LogP contribution in [0.4, 0.5) is 5.13 Å². The molecule has 1 fully saturated rings. The van der Waals surface area contributed by atoms with Crippen molar-refractivity contribution in [2.75, 3.05) is 16.9 Å². The molecule has 2 N–H and O–H groups in total. The number of ether oxygens (including phenoxy) is 2. The van der Waals surface area contributed by atoms with E-state index in [4.69, 9.17) is 30.9 Å². The van der Waals surface area contributed by atoms with Gasteiger partial charge in [0, 0.05) is 17.0 Å². The molecule has 3 heterocycles. The van der Waals surface area contributed by atoms with Crippen LogP contribution in [0.5, 0.6) is 0 Å². The number of thiazole rings is 1. The molecule has 15 heteroatoms. The van der Waals surface area contributed by atoms with E-state index in [1.165, 1.54) is 41.8 Å². The first-order valence-corrected chi connectivity index (χ1v) is 25.1. The maximum atomic E-state index is 14.7. The third kappa shape index (κ3) is 10.7. The smallest absolute Gasteiger partial charge is 0.356 e. The predicted octanol–water partition coefficient (Wildman–Crippen LogP) is 10.2. The van der Waals surface area contributed by atoms with Gasteiger partial charge in [-0.15, -0.1) is 34.7 Å². The minimum Gasteiger partial charge on any atom is -0.457 e. The molecule has 2 atom stereocenters. The van der Waals surface area contributed by atoms with Gasteiger partial charge in [0.25, 0.3) is 11.8 Å². The summed E-state index contributed by atoms with van der Waals surface area (Å²) in [7, 11) is 0. The Morgan fingerprint density at radius 3 is 1.81 bits per heavy atom. The van der Waals surface area contributed by atoms with E-state index in [1.54, 1.807) is 38.3 Å². The molecule has 0 radical (unpaired) electrons. The maximum Gasteiger partial charge on any atom is 0.356 e. The molecule has 12 nitrogen and oxygen atoms in total. The highest BCUT2D eigenvalue weighted by Gasteiger charge is 2.55. The molecule has 358 valence electrons. The number of amides is 2. The number of carbonyl (C=O) groups is 4. The summed E-state index contributed by atoms with van der Waals surface area (Å²) < 4.78 is 11.9. The number of aromatic nitrogens is 1. The molecular weight excluding hydrogens is 942 g/mol. The Morgan fingerprint density at radius 1 is 0.800 bits per heavy atom. The largest absolute Gasteiger partial charge is 0.457 e. The van der Waals surface area contributed by atoms with Crippen LogP contribution in [0.15, 0.2) is 186 Å². The number of halogens is 1. The van der Waals surface area contributed by atoms with Crippen molar-refractivity contribution in [1.82, 2.24) is 15.2 Å². The lowest BCUT2D eigenvalue weighted by Crippen LogP contribution is -2.71. The number of fused-ring (bicyclic) bond motifs is 1. The van der Waals surface area contributed by atoms with Crippen LogP contribution in [0.1, 0.15) is 74.2 Å². The second-order valence-corrected chi connectivity index (χ2v) is 20.2. The molecule has 0 bridgehead atoms. The fourth-order valence-corrected chi connectivity index (χ4v) is 10.2. The monoisotopic (exact) mass is 993 g/mol. The molecule has 1 unspecified atom stereocenters. The molecule has 2 aliphatic rings. The average molecular weight is 995 g/mol. The highest BCUT2D eigenvalue weighted by Crippen LogP contribution is 2.43. The van der Waals surface area contributed by atoms with Crippen molar-refractivity contribution in [1.29, 1.82) is 0 Å². The lowest BCUT2D eigenvalue weighted by atomic mass is 9.77. The van der Waals surface area contributed by atoms with Gasteiger partial charge >= 0.3 is 11.9 Å². The molecule has 1 saturated heterocycles. The van der Waals surface area contributed by atoms with Crippen LogP contribution in [-0.2, 0) is 39.0 Å². The van der Waals surface area contributed by atoms with Crippen LogP contribution in [0.3, 0.4) is 0 Å². The van der Waals surface area contributed by atoms with E-state index in [0.29, 0.717) is 16.5 Å². The number of benzene rings is 5. The van der Waals surface area contributed by atoms with Gasteiger partial charge in [-0.1, -0.05) is 169 Å². The van der Waals surface area contributed by atoms with Crippen LogP contribution < -0.4 is 10.6 Å². The Balaban J connectivity index is 1.12. The van der Waals surface area contributed by atoms with E-state index in [1.807, 2.05) is 152 Å². The minimum atomic E-state index is -1.65. The van der Waals surface area contributed by atoms with Crippen LogP contribution in [0.2, 0.25) is 0 Å². The van der Waals surface area contributed by atoms with Crippen LogP contribution in [0.25, 0.3) is 0 Å². The number of esters is 2. The molecular formula is C55H52ClN5O7S2. The SMILES string of the molecule is CC(C)(C)OC(=O)C(C)(C)O/N=C(\C(=O)NC1C(=O)N2C(C(=O)OC(c3ccccc3)c3ccccc3)=C(/C=C\CCl)CS[C@@H]12)c1csc(NC(c2ccccc2)(c2ccccc2)c2ccccc2)n1. The van der Waals surface area contributed by atoms with Crippen molar-refractivity contribution in [3.63, 3.8) is 0 Å². The standard InChI is InChI=1S/C55H52ClN5O7S2/c1-53(2,3)67-51(65)54(4,5)68-60-43(42-35-70-52(57-42)59-55(39-27-15-8-16-28-39,40-29-17-9-18-30-40)41-31-19-10-20-32-41)47(62)58-44-48(63)61-45(38(26-21-33-56)34-69-49(44)61)50(64)66-46(36-22-11-6-12-23-36)37-24-13-7-14-25-37/h6-32,35,44,46,49H,33-34H2,1-5H3,(H,57,59)(H,58,62)/b26-21-,60-43-/t44?,49-/m0/s1. The van der Waals surface area contributed by atoms with Crippen LogP contribution in [-0.4, -0.2) is 73.6 Å². The molecule has 2 amide bonds. The Morgan fingerprint density at radius 2 is 1.31 bits per heavy atom. The fraction of sp³-hybridized carbons (Fsp3) is 0.236. The van der Waals surface area contributed by atoms with Gasteiger partial charge in [-0.3, -0.25) is 14.5 Å². The Kier molecular flexibility index (Phi) is 15.1. The number of thioether (sulfide) groups is 1. The third-order valence-electron chi connectivity index (χ3n) is 11.4. The van der Waals surface area contributed by atoms with E-state index in [2.05, 4.69) is 15.8 Å². The van der Waals surface area contributed by atoms with Crippen molar-refractivity contribution in [3.05, 3.63) is 214 Å². The van der Waals surface area contributed by atoms with Gasteiger partial charge in [0.1, 0.15) is 33.9 Å². The summed E-state index contributed by atoms with van der Waals surface area (Å²) in [5, 5.41) is 12.3. The maximum absolute atomic E-state index is 14.7. The predicted molar refractivity (Wildman–Crippen MR) is 275 cm³/mol. The molecule has 70 heavy (non-hydrogen) atoms. The number of rotatable bonds is 17. The van der Waals surface area contributed by atoms with Crippen molar-refractivity contribution < 1.29 is 33.5 Å². The van der Waals surface area contributed by atoms with Crippen molar-refractivity contribution in [3.8, 4) is 0 Å². The number of carbonyl (C=O) groups excluding carboxylic acids is 4. The zero-order valence-electron chi connectivity index (χ0n) is 39.2. The first-order valence-electron chi connectivity index (χ1n) is 22.6. The lowest BCUT2D eigenvalue weighted by Gasteiger charge is -2.49. The normalized spacial score (nSPS) is 16.4. The Bertz CT molecular complexity index is 2770. The van der Waals surface area contributed by atoms with E-state index in [-0.39, 0.29) is 23.0 Å². The molecule has 5 aromatic carbocycles. The number of oxime groups is 1. The summed E-state index contributed by atoms with van der Waals surface area (Å²) in [4.78, 5) is 69.1. The van der Waals surface area contributed by atoms with Crippen molar-refractivity contribution >= 4 is 69.3 Å². The summed E-state index contributed by atoms with van der Waals surface area (Å²) in [5.74, 6) is -2.28.